The van der Waals surface area contributed by atoms with Crippen molar-refractivity contribution in [2.75, 3.05) is 4.90 Å². The third kappa shape index (κ3) is 4.13. The van der Waals surface area contributed by atoms with Crippen molar-refractivity contribution in [2.24, 2.45) is 0 Å². The molecular formula is C46H29NO. The molecule has 2 heteroatoms. The van der Waals surface area contributed by atoms with Crippen molar-refractivity contribution in [1.82, 2.24) is 0 Å². The highest BCUT2D eigenvalue weighted by atomic mass is 16.3. The fraction of sp³-hybridized carbons (Fsp3) is 0. The number of fused-ring (bicyclic) bond motifs is 9. The zero-order valence-corrected chi connectivity index (χ0v) is 26.1. The molecule has 2 nitrogen and oxygen atoms in total. The standard InChI is InChI=1S/C46H29NO/c1-3-12-36-30(10-1)20-21-31-24-27-35(29-43(31)36)47(44-18-9-17-41-40-16-7-8-19-45(40)48-46(41)44)34-25-22-32(23-26-34)42-28-33-11-2-4-13-37(33)38-14-5-6-15-39(38)42/h1-29H. The highest BCUT2D eigenvalue weighted by Crippen LogP contribution is 2.44. The first-order valence-electron chi connectivity index (χ1n) is 16.4. The Bertz CT molecular complexity index is 2840. The third-order valence-corrected chi connectivity index (χ3v) is 9.82. The average molecular weight is 612 g/mol. The summed E-state index contributed by atoms with van der Waals surface area (Å²) in [6.07, 6.45) is 0. The van der Waals surface area contributed by atoms with Crippen LogP contribution in [0.5, 0.6) is 0 Å². The van der Waals surface area contributed by atoms with Gasteiger partial charge in [-0.2, -0.15) is 0 Å². The van der Waals surface area contributed by atoms with Crippen molar-refractivity contribution >= 4 is 82.1 Å². The Morgan fingerprint density at radius 2 is 0.938 bits per heavy atom. The van der Waals surface area contributed by atoms with E-state index in [0.717, 1.165) is 39.0 Å². The van der Waals surface area contributed by atoms with Crippen LogP contribution >= 0.6 is 0 Å². The summed E-state index contributed by atoms with van der Waals surface area (Å²) in [5, 5.41) is 12.2. The minimum atomic E-state index is 0.876. The van der Waals surface area contributed by atoms with Crippen LogP contribution in [0.25, 0.3) is 76.2 Å². The maximum Gasteiger partial charge on any atom is 0.159 e. The summed E-state index contributed by atoms with van der Waals surface area (Å²) >= 11 is 0. The van der Waals surface area contributed by atoms with Gasteiger partial charge in [0.2, 0.25) is 0 Å². The van der Waals surface area contributed by atoms with Gasteiger partial charge in [0.1, 0.15) is 5.58 Å². The molecule has 0 aliphatic heterocycles. The fourth-order valence-corrected chi connectivity index (χ4v) is 7.55. The molecule has 0 bridgehead atoms. The molecule has 0 saturated carbocycles. The van der Waals surface area contributed by atoms with Gasteiger partial charge in [-0.05, 0) is 96.7 Å². The van der Waals surface area contributed by atoms with Crippen LogP contribution in [0.1, 0.15) is 0 Å². The molecule has 0 saturated heterocycles. The van der Waals surface area contributed by atoms with Crippen molar-refractivity contribution in [3.8, 4) is 11.1 Å². The molecule has 0 aliphatic rings. The number of hydrogen-bond donors (Lipinski definition) is 0. The second kappa shape index (κ2) is 10.6. The molecule has 0 unspecified atom stereocenters. The van der Waals surface area contributed by atoms with Crippen molar-refractivity contribution < 1.29 is 4.42 Å². The summed E-state index contributed by atoms with van der Waals surface area (Å²) in [7, 11) is 0. The van der Waals surface area contributed by atoms with Gasteiger partial charge in [-0.25, -0.2) is 0 Å². The van der Waals surface area contributed by atoms with Gasteiger partial charge in [-0.3, -0.25) is 0 Å². The van der Waals surface area contributed by atoms with E-state index < -0.39 is 0 Å². The van der Waals surface area contributed by atoms with Gasteiger partial charge >= 0.3 is 0 Å². The van der Waals surface area contributed by atoms with Gasteiger partial charge in [0.15, 0.2) is 5.58 Å². The number of benzene rings is 9. The Labute approximate surface area is 277 Å². The highest BCUT2D eigenvalue weighted by Gasteiger charge is 2.20. The molecule has 1 aromatic heterocycles. The summed E-state index contributed by atoms with van der Waals surface area (Å²) in [5.74, 6) is 0. The van der Waals surface area contributed by atoms with E-state index in [9.17, 15) is 0 Å². The van der Waals surface area contributed by atoms with Crippen molar-refractivity contribution in [3.05, 3.63) is 176 Å². The Balaban J connectivity index is 1.20. The summed E-state index contributed by atoms with van der Waals surface area (Å²) in [4.78, 5) is 2.34. The molecule has 224 valence electrons. The minimum Gasteiger partial charge on any atom is -0.454 e. The Morgan fingerprint density at radius 3 is 1.75 bits per heavy atom. The molecule has 48 heavy (non-hydrogen) atoms. The topological polar surface area (TPSA) is 16.4 Å². The summed E-state index contributed by atoms with van der Waals surface area (Å²) in [6.45, 7) is 0. The Kier molecular flexibility index (Phi) is 5.91. The number of para-hydroxylation sites is 2. The van der Waals surface area contributed by atoms with Gasteiger partial charge in [0.25, 0.3) is 0 Å². The lowest BCUT2D eigenvalue weighted by Crippen LogP contribution is -2.10. The number of nitrogens with zero attached hydrogens (tertiary/aromatic N) is 1. The Morgan fingerprint density at radius 1 is 0.354 bits per heavy atom. The average Bonchev–Trinajstić information content (AvgIpc) is 3.54. The van der Waals surface area contributed by atoms with E-state index in [1.165, 1.54) is 54.2 Å². The van der Waals surface area contributed by atoms with Gasteiger partial charge < -0.3 is 9.32 Å². The van der Waals surface area contributed by atoms with Gasteiger partial charge in [0, 0.05) is 22.1 Å². The van der Waals surface area contributed by atoms with E-state index in [-0.39, 0.29) is 0 Å². The molecule has 0 amide bonds. The van der Waals surface area contributed by atoms with Gasteiger partial charge in [-0.1, -0.05) is 133 Å². The molecule has 0 spiro atoms. The smallest absolute Gasteiger partial charge is 0.159 e. The molecule has 10 rings (SSSR count). The predicted octanol–water partition coefficient (Wildman–Crippen LogP) is 13.3. The van der Waals surface area contributed by atoms with Crippen LogP contribution in [-0.2, 0) is 0 Å². The summed E-state index contributed by atoms with van der Waals surface area (Å²) in [6, 6.07) is 63.3. The molecule has 0 radical (unpaired) electrons. The van der Waals surface area contributed by atoms with Crippen LogP contribution in [0, 0.1) is 0 Å². The Hall–Kier alpha value is -6.38. The normalized spacial score (nSPS) is 11.8. The second-order valence-electron chi connectivity index (χ2n) is 12.5. The van der Waals surface area contributed by atoms with Crippen LogP contribution in [-0.4, -0.2) is 0 Å². The maximum absolute atomic E-state index is 6.61. The highest BCUT2D eigenvalue weighted by molar-refractivity contribution is 6.14. The molecule has 0 N–H and O–H groups in total. The van der Waals surface area contributed by atoms with Crippen molar-refractivity contribution in [2.45, 2.75) is 0 Å². The first-order chi connectivity index (χ1) is 23.8. The monoisotopic (exact) mass is 611 g/mol. The molecule has 0 fully saturated rings. The first-order valence-corrected chi connectivity index (χ1v) is 16.4. The second-order valence-corrected chi connectivity index (χ2v) is 12.5. The van der Waals surface area contributed by atoms with E-state index in [2.05, 4.69) is 169 Å². The van der Waals surface area contributed by atoms with E-state index >= 15 is 0 Å². The molecule has 10 aromatic rings. The number of rotatable bonds is 4. The lowest BCUT2D eigenvalue weighted by atomic mass is 9.93. The third-order valence-electron chi connectivity index (χ3n) is 9.82. The van der Waals surface area contributed by atoms with E-state index in [0.29, 0.717) is 0 Å². The van der Waals surface area contributed by atoms with Crippen molar-refractivity contribution in [1.29, 1.82) is 0 Å². The van der Waals surface area contributed by atoms with Crippen LogP contribution < -0.4 is 4.90 Å². The summed E-state index contributed by atoms with van der Waals surface area (Å²) < 4.78 is 6.61. The van der Waals surface area contributed by atoms with Crippen LogP contribution in [0.4, 0.5) is 17.1 Å². The largest absolute Gasteiger partial charge is 0.454 e. The lowest BCUT2D eigenvalue weighted by Gasteiger charge is -2.26. The van der Waals surface area contributed by atoms with Crippen molar-refractivity contribution in [3.63, 3.8) is 0 Å². The minimum absolute atomic E-state index is 0.876. The first kappa shape index (κ1) is 26.8. The molecule has 1 heterocycles. The van der Waals surface area contributed by atoms with E-state index in [4.69, 9.17) is 4.42 Å². The van der Waals surface area contributed by atoms with Gasteiger partial charge in [-0.15, -0.1) is 0 Å². The van der Waals surface area contributed by atoms with Crippen LogP contribution in [0.2, 0.25) is 0 Å². The molecular weight excluding hydrogens is 583 g/mol. The molecule has 0 aliphatic carbocycles. The number of furan rings is 1. The van der Waals surface area contributed by atoms with E-state index in [1.54, 1.807) is 0 Å². The zero-order valence-electron chi connectivity index (χ0n) is 26.1. The lowest BCUT2D eigenvalue weighted by molar-refractivity contribution is 0.669. The SMILES string of the molecule is c1ccc2c(c1)ccc1ccc(N(c3ccc(-c4cc5ccccc5c5ccccc45)cc3)c3cccc4c3oc3ccccc34)cc12. The number of anilines is 3. The van der Waals surface area contributed by atoms with Gasteiger partial charge in [0.05, 0.1) is 5.69 Å². The molecule has 0 atom stereocenters. The van der Waals surface area contributed by atoms with E-state index in [1.807, 2.05) is 12.1 Å². The molecule has 9 aromatic carbocycles. The van der Waals surface area contributed by atoms with Crippen LogP contribution in [0.15, 0.2) is 180 Å². The summed E-state index contributed by atoms with van der Waals surface area (Å²) in [5.41, 5.74) is 7.34. The zero-order chi connectivity index (χ0) is 31.6. The van der Waals surface area contributed by atoms with Crippen LogP contribution in [0.3, 0.4) is 0 Å². The number of hydrogen-bond acceptors (Lipinski definition) is 2. The predicted molar refractivity (Wildman–Crippen MR) is 204 cm³/mol. The maximum atomic E-state index is 6.61. The fourth-order valence-electron chi connectivity index (χ4n) is 7.55. The quantitative estimate of drug-likeness (QED) is 0.184.